The maximum atomic E-state index is 4.42. The lowest BCUT2D eigenvalue weighted by Gasteiger charge is -2.26. The van der Waals surface area contributed by atoms with E-state index in [1.165, 1.54) is 5.56 Å². The van der Waals surface area contributed by atoms with Crippen molar-refractivity contribution in [3.8, 4) is 0 Å². The molecule has 2 heterocycles. The number of anilines is 3. The van der Waals surface area contributed by atoms with Crippen LogP contribution in [0, 0.1) is 20.0 Å². The molecule has 0 N–H and O–H groups in total. The van der Waals surface area contributed by atoms with Crippen molar-refractivity contribution in [3.63, 3.8) is 0 Å². The Kier molecular flexibility index (Phi) is 2.47. The molecule has 0 saturated carbocycles. The van der Waals surface area contributed by atoms with Gasteiger partial charge < -0.3 is 9.80 Å². The van der Waals surface area contributed by atoms with Gasteiger partial charge in [0.1, 0.15) is 0 Å². The van der Waals surface area contributed by atoms with E-state index in [1.54, 1.807) is 0 Å². The van der Waals surface area contributed by atoms with Gasteiger partial charge in [-0.25, -0.2) is 4.98 Å². The Balaban J connectivity index is 2.16. The van der Waals surface area contributed by atoms with Gasteiger partial charge in [0.2, 0.25) is 0 Å². The number of benzene rings is 1. The molecule has 0 amide bonds. The van der Waals surface area contributed by atoms with E-state index in [2.05, 4.69) is 41.9 Å². The molecule has 90 valence electrons. The van der Waals surface area contributed by atoms with E-state index in [0.717, 1.165) is 23.4 Å². The van der Waals surface area contributed by atoms with Crippen LogP contribution in [0.15, 0.2) is 42.6 Å². The summed E-state index contributed by atoms with van der Waals surface area (Å²) in [5, 5.41) is 0. The standard InChI is InChI=1S/C15H15N3/c1-11-7-4-5-8-13(11)18-12(2)17(3)15-14(18)9-6-10-16-15/h4-10H,2H2,1,3H3. The largest absolute Gasteiger partial charge is 0.331 e. The summed E-state index contributed by atoms with van der Waals surface area (Å²) in [6.07, 6.45) is 2.74. The Bertz CT molecular complexity index is 579. The fraction of sp³-hybridized carbons (Fsp3) is 0.133. The van der Waals surface area contributed by atoms with Gasteiger partial charge >= 0.3 is 0 Å². The molecule has 0 unspecified atom stereocenters. The van der Waals surface area contributed by atoms with Crippen molar-refractivity contribution < 1.29 is 0 Å². The van der Waals surface area contributed by atoms with Crippen LogP contribution in [0.5, 0.6) is 0 Å². The Hall–Kier alpha value is -2.03. The van der Waals surface area contributed by atoms with Crippen molar-refractivity contribution >= 4 is 17.2 Å². The van der Waals surface area contributed by atoms with E-state index in [9.17, 15) is 0 Å². The highest BCUT2D eigenvalue weighted by atomic mass is 15.4. The van der Waals surface area contributed by atoms with Gasteiger partial charge in [-0.3, -0.25) is 0 Å². The third-order valence-corrected chi connectivity index (χ3v) is 3.33. The molecule has 2 aromatic rings. The smallest absolute Gasteiger partial charge is 0.162 e. The Morgan fingerprint density at radius 1 is 1.06 bits per heavy atom. The first kappa shape index (κ1) is 11.1. The zero-order valence-corrected chi connectivity index (χ0v) is 10.6. The van der Waals surface area contributed by atoms with Crippen LogP contribution in [0.4, 0.5) is 17.2 Å². The quantitative estimate of drug-likeness (QED) is 0.758. The van der Waals surface area contributed by atoms with Crippen LogP contribution < -0.4 is 9.80 Å². The van der Waals surface area contributed by atoms with Crippen molar-refractivity contribution in [2.45, 2.75) is 6.92 Å². The van der Waals surface area contributed by atoms with Crippen molar-refractivity contribution in [3.05, 3.63) is 61.2 Å². The van der Waals surface area contributed by atoms with Gasteiger partial charge in [-0.15, -0.1) is 0 Å². The zero-order valence-electron chi connectivity index (χ0n) is 10.6. The monoisotopic (exact) mass is 237 g/mol. The second-order valence-corrected chi connectivity index (χ2v) is 4.44. The number of hydrogen-bond acceptors (Lipinski definition) is 3. The molecular formula is C15H15N3. The summed E-state index contributed by atoms with van der Waals surface area (Å²) in [6.45, 7) is 6.27. The third-order valence-electron chi connectivity index (χ3n) is 3.33. The number of para-hydroxylation sites is 1. The highest BCUT2D eigenvalue weighted by Crippen LogP contribution is 2.45. The fourth-order valence-electron chi connectivity index (χ4n) is 2.32. The second kappa shape index (κ2) is 4.02. The van der Waals surface area contributed by atoms with Crippen LogP contribution in [0.25, 0.3) is 0 Å². The summed E-state index contributed by atoms with van der Waals surface area (Å²) in [5.74, 6) is 0.950. The number of nitrogens with zero attached hydrogens (tertiary/aromatic N) is 3. The molecule has 0 bridgehead atoms. The second-order valence-electron chi connectivity index (χ2n) is 4.44. The molecule has 0 fully saturated rings. The number of aryl methyl sites for hydroxylation is 1. The summed E-state index contributed by atoms with van der Waals surface area (Å²) < 4.78 is 0. The molecule has 18 heavy (non-hydrogen) atoms. The zero-order chi connectivity index (χ0) is 12.7. The van der Waals surface area contributed by atoms with Gasteiger partial charge in [0, 0.05) is 18.9 Å². The first-order chi connectivity index (χ1) is 8.70. The average molecular weight is 237 g/mol. The molecule has 1 aromatic heterocycles. The molecule has 1 aliphatic heterocycles. The van der Waals surface area contributed by atoms with Crippen molar-refractivity contribution in [1.29, 1.82) is 0 Å². The number of fused-ring (bicyclic) bond motifs is 1. The van der Waals surface area contributed by atoms with Crippen LogP contribution in [-0.4, -0.2) is 12.0 Å². The Labute approximate surface area is 108 Å². The summed E-state index contributed by atoms with van der Waals surface area (Å²) >= 11 is 0. The SMILES string of the molecule is [CH2][C]1N(C)c2ncccc2N1c1ccccc1C. The number of pyridine rings is 1. The van der Waals surface area contributed by atoms with E-state index < -0.39 is 0 Å². The normalized spacial score (nSPS) is 15.1. The first-order valence-corrected chi connectivity index (χ1v) is 5.93. The highest BCUT2D eigenvalue weighted by Gasteiger charge is 2.34. The summed E-state index contributed by atoms with van der Waals surface area (Å²) in [4.78, 5) is 8.59. The number of hydrogen-bond donors (Lipinski definition) is 0. The van der Waals surface area contributed by atoms with Gasteiger partial charge in [-0.1, -0.05) is 18.2 Å². The minimum atomic E-state index is 0.929. The van der Waals surface area contributed by atoms with Crippen LogP contribution in [0.1, 0.15) is 5.56 Å². The fourth-order valence-corrected chi connectivity index (χ4v) is 2.32. The summed E-state index contributed by atoms with van der Waals surface area (Å²) in [5.41, 5.74) is 3.46. The Morgan fingerprint density at radius 3 is 2.56 bits per heavy atom. The van der Waals surface area contributed by atoms with Gasteiger partial charge in [0.15, 0.2) is 12.0 Å². The lowest BCUT2D eigenvalue weighted by atomic mass is 10.1. The predicted molar refractivity (Wildman–Crippen MR) is 74.6 cm³/mol. The molecule has 1 aromatic carbocycles. The van der Waals surface area contributed by atoms with E-state index >= 15 is 0 Å². The molecular weight excluding hydrogens is 222 g/mol. The molecule has 3 rings (SSSR count). The number of rotatable bonds is 1. The third kappa shape index (κ3) is 1.47. The van der Waals surface area contributed by atoms with Crippen molar-refractivity contribution in [2.24, 2.45) is 0 Å². The van der Waals surface area contributed by atoms with Gasteiger partial charge in [0.25, 0.3) is 0 Å². The minimum absolute atomic E-state index is 0.929. The first-order valence-electron chi connectivity index (χ1n) is 5.93. The molecule has 1 aliphatic rings. The topological polar surface area (TPSA) is 19.4 Å². The van der Waals surface area contributed by atoms with Crippen LogP contribution in [0.3, 0.4) is 0 Å². The molecule has 0 spiro atoms. The van der Waals surface area contributed by atoms with E-state index in [4.69, 9.17) is 0 Å². The summed E-state index contributed by atoms with van der Waals surface area (Å²) in [6, 6.07) is 12.3. The van der Waals surface area contributed by atoms with Gasteiger partial charge in [0.05, 0.1) is 5.69 Å². The molecule has 3 nitrogen and oxygen atoms in total. The molecule has 0 aliphatic carbocycles. The maximum absolute atomic E-state index is 4.42. The molecule has 0 saturated heterocycles. The lowest BCUT2D eigenvalue weighted by Crippen LogP contribution is -2.28. The molecule has 0 atom stereocenters. The number of aromatic nitrogens is 1. The van der Waals surface area contributed by atoms with Crippen molar-refractivity contribution in [2.75, 3.05) is 16.8 Å². The minimum Gasteiger partial charge on any atom is -0.331 e. The van der Waals surface area contributed by atoms with Gasteiger partial charge in [-0.2, -0.15) is 0 Å². The van der Waals surface area contributed by atoms with Crippen LogP contribution in [-0.2, 0) is 0 Å². The van der Waals surface area contributed by atoms with E-state index in [0.29, 0.717) is 0 Å². The summed E-state index contributed by atoms with van der Waals surface area (Å²) in [7, 11) is 1.99. The average Bonchev–Trinajstić information content (AvgIpc) is 2.64. The Morgan fingerprint density at radius 2 is 1.78 bits per heavy atom. The van der Waals surface area contributed by atoms with Crippen LogP contribution in [0.2, 0.25) is 0 Å². The predicted octanol–water partition coefficient (Wildman–Crippen LogP) is 3.30. The van der Waals surface area contributed by atoms with E-state index in [1.807, 2.05) is 36.3 Å². The van der Waals surface area contributed by atoms with Crippen molar-refractivity contribution in [1.82, 2.24) is 4.98 Å². The molecule has 2 radical (unpaired) electrons. The van der Waals surface area contributed by atoms with Gasteiger partial charge in [-0.05, 0) is 37.6 Å². The van der Waals surface area contributed by atoms with E-state index in [-0.39, 0.29) is 0 Å². The lowest BCUT2D eigenvalue weighted by molar-refractivity contribution is 0.951. The maximum Gasteiger partial charge on any atom is 0.162 e. The van der Waals surface area contributed by atoms with Crippen LogP contribution >= 0.6 is 0 Å². The molecule has 3 heteroatoms. The highest BCUT2D eigenvalue weighted by molar-refractivity contribution is 5.85.